The lowest BCUT2D eigenvalue weighted by molar-refractivity contribution is 0.416. The van der Waals surface area contributed by atoms with Crippen LogP contribution in [-0.2, 0) is 0 Å². The van der Waals surface area contributed by atoms with Gasteiger partial charge in [0.05, 0.1) is 18.3 Å². The minimum absolute atomic E-state index is 0.696. The SMILES string of the molecule is COc1ccncc1NC(C)=S. The molecule has 1 rings (SSSR count). The Hall–Kier alpha value is -1.16. The Labute approximate surface area is 76.8 Å². The number of methoxy groups -OCH3 is 1. The van der Waals surface area contributed by atoms with Gasteiger partial charge in [0.15, 0.2) is 0 Å². The van der Waals surface area contributed by atoms with Crippen molar-refractivity contribution in [2.45, 2.75) is 6.92 Å². The molecule has 64 valence electrons. The first kappa shape index (κ1) is 8.93. The van der Waals surface area contributed by atoms with Crippen molar-refractivity contribution >= 4 is 22.9 Å². The van der Waals surface area contributed by atoms with Gasteiger partial charge < -0.3 is 10.1 Å². The number of anilines is 1. The molecule has 1 aromatic rings. The van der Waals surface area contributed by atoms with Gasteiger partial charge in [0.25, 0.3) is 0 Å². The first-order chi connectivity index (χ1) is 5.74. The third-order valence-corrected chi connectivity index (χ3v) is 1.41. The van der Waals surface area contributed by atoms with Gasteiger partial charge in [-0.15, -0.1) is 0 Å². The van der Waals surface area contributed by atoms with E-state index in [1.165, 1.54) is 0 Å². The van der Waals surface area contributed by atoms with Crippen molar-refractivity contribution in [1.82, 2.24) is 4.98 Å². The molecule has 0 aliphatic rings. The van der Waals surface area contributed by atoms with E-state index in [-0.39, 0.29) is 0 Å². The van der Waals surface area contributed by atoms with Crippen molar-refractivity contribution in [3.05, 3.63) is 18.5 Å². The highest BCUT2D eigenvalue weighted by Crippen LogP contribution is 2.21. The minimum atomic E-state index is 0.696. The summed E-state index contributed by atoms with van der Waals surface area (Å²) < 4.78 is 5.08. The first-order valence-electron chi connectivity index (χ1n) is 3.49. The van der Waals surface area contributed by atoms with E-state index in [2.05, 4.69) is 10.3 Å². The summed E-state index contributed by atoms with van der Waals surface area (Å²) in [5.74, 6) is 0.745. The molecule has 0 amide bonds. The van der Waals surface area contributed by atoms with Crippen LogP contribution >= 0.6 is 12.2 Å². The zero-order valence-electron chi connectivity index (χ0n) is 7.00. The molecule has 0 saturated carbocycles. The number of thiocarbonyl (C=S) groups is 1. The van der Waals surface area contributed by atoms with Gasteiger partial charge in [-0.25, -0.2) is 0 Å². The number of nitrogens with zero attached hydrogens (tertiary/aromatic N) is 1. The number of aromatic nitrogens is 1. The maximum absolute atomic E-state index is 5.08. The van der Waals surface area contributed by atoms with E-state index in [1.807, 2.05) is 6.92 Å². The molecule has 0 radical (unpaired) electrons. The quantitative estimate of drug-likeness (QED) is 0.708. The molecule has 0 fully saturated rings. The number of hydrogen-bond donors (Lipinski definition) is 1. The highest BCUT2D eigenvalue weighted by molar-refractivity contribution is 7.80. The molecule has 1 heterocycles. The number of ether oxygens (including phenoxy) is 1. The van der Waals surface area contributed by atoms with Crippen LogP contribution in [0.25, 0.3) is 0 Å². The van der Waals surface area contributed by atoms with Crippen molar-refractivity contribution in [2.24, 2.45) is 0 Å². The van der Waals surface area contributed by atoms with Crippen molar-refractivity contribution in [2.75, 3.05) is 12.4 Å². The van der Waals surface area contributed by atoms with Crippen LogP contribution in [0.3, 0.4) is 0 Å². The molecule has 0 bridgehead atoms. The van der Waals surface area contributed by atoms with Crippen LogP contribution in [0, 0.1) is 0 Å². The number of pyridine rings is 1. The average Bonchev–Trinajstić information content (AvgIpc) is 2.04. The number of rotatable bonds is 2. The Bertz CT molecular complexity index is 288. The van der Waals surface area contributed by atoms with Gasteiger partial charge in [-0.3, -0.25) is 4.98 Å². The van der Waals surface area contributed by atoms with Crippen LogP contribution < -0.4 is 10.1 Å². The number of hydrogen-bond acceptors (Lipinski definition) is 3. The summed E-state index contributed by atoms with van der Waals surface area (Å²) in [5, 5.41) is 2.97. The fourth-order valence-corrected chi connectivity index (χ4v) is 0.953. The lowest BCUT2D eigenvalue weighted by atomic mass is 10.4. The predicted octanol–water partition coefficient (Wildman–Crippen LogP) is 1.85. The van der Waals surface area contributed by atoms with Crippen molar-refractivity contribution in [3.63, 3.8) is 0 Å². The van der Waals surface area contributed by atoms with Crippen molar-refractivity contribution < 1.29 is 4.74 Å². The Morgan fingerprint density at radius 3 is 3.00 bits per heavy atom. The highest BCUT2D eigenvalue weighted by atomic mass is 32.1. The fourth-order valence-electron chi connectivity index (χ4n) is 0.843. The molecule has 0 aliphatic heterocycles. The monoisotopic (exact) mass is 182 g/mol. The summed E-state index contributed by atoms with van der Waals surface area (Å²) in [6.07, 6.45) is 3.34. The lowest BCUT2D eigenvalue weighted by Crippen LogP contribution is -2.05. The Morgan fingerprint density at radius 2 is 2.42 bits per heavy atom. The summed E-state index contributed by atoms with van der Waals surface area (Å²) in [5.41, 5.74) is 0.799. The van der Waals surface area contributed by atoms with Gasteiger partial charge in [-0.2, -0.15) is 0 Å². The van der Waals surface area contributed by atoms with Crippen LogP contribution in [-0.4, -0.2) is 17.1 Å². The Balaban J connectivity index is 2.89. The molecule has 0 spiro atoms. The maximum atomic E-state index is 5.08. The normalized spacial score (nSPS) is 9.17. The maximum Gasteiger partial charge on any atom is 0.145 e. The molecule has 0 unspecified atom stereocenters. The molecule has 1 N–H and O–H groups in total. The number of nitrogens with one attached hydrogen (secondary N) is 1. The zero-order chi connectivity index (χ0) is 8.97. The van der Waals surface area contributed by atoms with E-state index >= 15 is 0 Å². The molecule has 3 nitrogen and oxygen atoms in total. The van der Waals surface area contributed by atoms with Crippen LogP contribution in [0.2, 0.25) is 0 Å². The first-order valence-corrected chi connectivity index (χ1v) is 3.90. The van der Waals surface area contributed by atoms with Gasteiger partial charge in [0, 0.05) is 12.3 Å². The predicted molar refractivity (Wildman–Crippen MR) is 52.7 cm³/mol. The Kier molecular flexibility index (Phi) is 2.99. The molecule has 0 aliphatic carbocycles. The second kappa shape index (κ2) is 4.01. The largest absolute Gasteiger partial charge is 0.494 e. The molecule has 4 heteroatoms. The summed E-state index contributed by atoms with van der Waals surface area (Å²) in [4.78, 5) is 4.64. The van der Waals surface area contributed by atoms with Crippen LogP contribution in [0.15, 0.2) is 18.5 Å². The average molecular weight is 182 g/mol. The fraction of sp³-hybridized carbons (Fsp3) is 0.250. The lowest BCUT2D eigenvalue weighted by Gasteiger charge is -2.07. The minimum Gasteiger partial charge on any atom is -0.494 e. The summed E-state index contributed by atoms with van der Waals surface area (Å²) >= 11 is 4.89. The van der Waals surface area contributed by atoms with E-state index in [1.54, 1.807) is 25.6 Å². The van der Waals surface area contributed by atoms with Crippen LogP contribution in [0.1, 0.15) is 6.92 Å². The smallest absolute Gasteiger partial charge is 0.145 e. The standard InChI is InChI=1S/C8H10N2OS/c1-6(12)10-7-5-9-4-3-8(7)11-2/h3-5H,1-2H3,(H,10,12). The van der Waals surface area contributed by atoms with Gasteiger partial charge in [-0.05, 0) is 6.92 Å². The van der Waals surface area contributed by atoms with Gasteiger partial charge in [0.1, 0.15) is 11.4 Å². The van der Waals surface area contributed by atoms with Gasteiger partial charge in [0.2, 0.25) is 0 Å². The third kappa shape index (κ3) is 2.17. The van der Waals surface area contributed by atoms with Crippen LogP contribution in [0.5, 0.6) is 5.75 Å². The third-order valence-electron chi connectivity index (χ3n) is 1.31. The van der Waals surface area contributed by atoms with E-state index < -0.39 is 0 Å². The summed E-state index contributed by atoms with van der Waals surface area (Å²) in [6, 6.07) is 1.78. The second-order valence-electron chi connectivity index (χ2n) is 2.26. The molecule has 0 atom stereocenters. The van der Waals surface area contributed by atoms with E-state index in [9.17, 15) is 0 Å². The summed E-state index contributed by atoms with van der Waals surface area (Å²) in [7, 11) is 1.61. The highest BCUT2D eigenvalue weighted by Gasteiger charge is 2.00. The zero-order valence-corrected chi connectivity index (χ0v) is 7.81. The molecule has 1 aromatic heterocycles. The Morgan fingerprint density at radius 1 is 1.67 bits per heavy atom. The molecular weight excluding hydrogens is 172 g/mol. The second-order valence-corrected chi connectivity index (χ2v) is 2.87. The molecule has 0 saturated heterocycles. The van der Waals surface area contributed by atoms with Crippen molar-refractivity contribution in [1.29, 1.82) is 0 Å². The molecular formula is C8H10N2OS. The molecule has 0 aromatic carbocycles. The van der Waals surface area contributed by atoms with E-state index in [0.29, 0.717) is 4.99 Å². The van der Waals surface area contributed by atoms with Crippen LogP contribution in [0.4, 0.5) is 5.69 Å². The van der Waals surface area contributed by atoms with E-state index in [0.717, 1.165) is 11.4 Å². The molecule has 12 heavy (non-hydrogen) atoms. The van der Waals surface area contributed by atoms with Crippen molar-refractivity contribution in [3.8, 4) is 5.75 Å². The van der Waals surface area contributed by atoms with Gasteiger partial charge in [-0.1, -0.05) is 12.2 Å². The van der Waals surface area contributed by atoms with Gasteiger partial charge >= 0.3 is 0 Å². The summed E-state index contributed by atoms with van der Waals surface area (Å²) in [6.45, 7) is 1.81. The van der Waals surface area contributed by atoms with E-state index in [4.69, 9.17) is 17.0 Å². The topological polar surface area (TPSA) is 34.1 Å².